The number of nitrogens with zero attached hydrogens (tertiary/aromatic N) is 1. The van der Waals surface area contributed by atoms with Crippen molar-refractivity contribution in [2.24, 2.45) is 11.7 Å². The quantitative estimate of drug-likeness (QED) is 0.756. The summed E-state index contributed by atoms with van der Waals surface area (Å²) >= 11 is 0. The molecule has 3 N–H and O–H groups in total. The molecule has 2 rings (SSSR count). The summed E-state index contributed by atoms with van der Waals surface area (Å²) in [5, 5.41) is 9.38. The zero-order valence-electron chi connectivity index (χ0n) is 11.3. The third-order valence-corrected chi connectivity index (χ3v) is 4.42. The van der Waals surface area contributed by atoms with E-state index in [1.165, 1.54) is 0 Å². The summed E-state index contributed by atoms with van der Waals surface area (Å²) in [5.74, 6) is -0.722. The SMILES string of the molecule is COC1(C)CCCN(CC(N)(C(=O)O)C2CC2)C1. The second-order valence-corrected chi connectivity index (χ2v) is 6.09. The molecular weight excluding hydrogens is 232 g/mol. The van der Waals surface area contributed by atoms with Crippen LogP contribution >= 0.6 is 0 Å². The van der Waals surface area contributed by atoms with Crippen LogP contribution in [0.4, 0.5) is 0 Å². The number of hydrogen-bond acceptors (Lipinski definition) is 4. The molecule has 2 atom stereocenters. The molecule has 0 radical (unpaired) electrons. The Morgan fingerprint density at radius 1 is 1.61 bits per heavy atom. The normalized spacial score (nSPS) is 33.1. The van der Waals surface area contributed by atoms with Crippen LogP contribution in [0.5, 0.6) is 0 Å². The summed E-state index contributed by atoms with van der Waals surface area (Å²) in [6.45, 7) is 4.20. The molecule has 0 spiro atoms. The summed E-state index contributed by atoms with van der Waals surface area (Å²) < 4.78 is 5.53. The van der Waals surface area contributed by atoms with Gasteiger partial charge in [0.05, 0.1) is 5.60 Å². The van der Waals surface area contributed by atoms with Crippen molar-refractivity contribution in [3.63, 3.8) is 0 Å². The molecular formula is C13H24N2O3. The molecule has 0 aromatic rings. The molecule has 2 aliphatic rings. The molecule has 2 unspecified atom stereocenters. The fraction of sp³-hybridized carbons (Fsp3) is 0.923. The predicted molar refractivity (Wildman–Crippen MR) is 68.4 cm³/mol. The zero-order chi connectivity index (χ0) is 13.4. The molecule has 1 aliphatic heterocycles. The molecule has 0 aromatic carbocycles. The van der Waals surface area contributed by atoms with E-state index in [-0.39, 0.29) is 11.5 Å². The number of aliphatic carboxylic acids is 1. The van der Waals surface area contributed by atoms with E-state index in [9.17, 15) is 9.90 Å². The number of ether oxygens (including phenoxy) is 1. The summed E-state index contributed by atoms with van der Waals surface area (Å²) in [4.78, 5) is 13.6. The highest BCUT2D eigenvalue weighted by Gasteiger charge is 2.50. The maximum atomic E-state index is 11.4. The average molecular weight is 256 g/mol. The number of rotatable bonds is 5. The van der Waals surface area contributed by atoms with Crippen molar-refractivity contribution in [1.82, 2.24) is 4.90 Å². The van der Waals surface area contributed by atoms with Crippen LogP contribution in [0.1, 0.15) is 32.6 Å². The first kappa shape index (κ1) is 13.8. The van der Waals surface area contributed by atoms with Crippen molar-refractivity contribution >= 4 is 5.97 Å². The largest absolute Gasteiger partial charge is 0.480 e. The average Bonchev–Trinajstić information content (AvgIpc) is 3.13. The summed E-state index contributed by atoms with van der Waals surface area (Å²) in [6, 6.07) is 0. The first-order valence-electron chi connectivity index (χ1n) is 6.69. The Morgan fingerprint density at radius 3 is 2.78 bits per heavy atom. The van der Waals surface area contributed by atoms with Gasteiger partial charge < -0.3 is 15.6 Å². The Morgan fingerprint density at radius 2 is 2.28 bits per heavy atom. The molecule has 5 nitrogen and oxygen atoms in total. The van der Waals surface area contributed by atoms with Gasteiger partial charge in [-0.15, -0.1) is 0 Å². The number of nitrogens with two attached hydrogens (primary N) is 1. The summed E-state index contributed by atoms with van der Waals surface area (Å²) in [6.07, 6.45) is 3.94. The van der Waals surface area contributed by atoms with Gasteiger partial charge in [-0.25, -0.2) is 0 Å². The molecule has 1 saturated carbocycles. The van der Waals surface area contributed by atoms with Crippen molar-refractivity contribution in [2.75, 3.05) is 26.7 Å². The van der Waals surface area contributed by atoms with E-state index < -0.39 is 11.5 Å². The number of carboxylic acids is 1. The number of methoxy groups -OCH3 is 1. The maximum absolute atomic E-state index is 11.4. The second kappa shape index (κ2) is 4.79. The van der Waals surface area contributed by atoms with Gasteiger partial charge >= 0.3 is 5.97 Å². The topological polar surface area (TPSA) is 75.8 Å². The number of likely N-dealkylation sites (tertiary alicyclic amines) is 1. The molecule has 0 aromatic heterocycles. The molecule has 1 aliphatic carbocycles. The highest BCUT2D eigenvalue weighted by atomic mass is 16.5. The molecule has 5 heteroatoms. The van der Waals surface area contributed by atoms with Gasteiger partial charge in [-0.1, -0.05) is 0 Å². The van der Waals surface area contributed by atoms with Crippen LogP contribution in [-0.4, -0.2) is 53.9 Å². The predicted octanol–water partition coefficient (Wildman–Crippen LogP) is 0.679. The number of carbonyl (C=O) groups is 1. The second-order valence-electron chi connectivity index (χ2n) is 6.09. The number of carboxylic acid groups (broad SMARTS) is 1. The number of hydrogen-bond donors (Lipinski definition) is 2. The lowest BCUT2D eigenvalue weighted by atomic mass is 9.90. The van der Waals surface area contributed by atoms with Crippen LogP contribution in [0, 0.1) is 5.92 Å². The lowest BCUT2D eigenvalue weighted by Gasteiger charge is -2.42. The molecule has 104 valence electrons. The summed E-state index contributed by atoms with van der Waals surface area (Å²) in [5.41, 5.74) is 4.88. The van der Waals surface area contributed by atoms with Gasteiger partial charge in [-0.05, 0) is 45.1 Å². The van der Waals surface area contributed by atoms with Crippen LogP contribution in [0.15, 0.2) is 0 Å². The van der Waals surface area contributed by atoms with E-state index in [1.807, 2.05) is 0 Å². The van der Waals surface area contributed by atoms with Crippen LogP contribution in [0.25, 0.3) is 0 Å². The van der Waals surface area contributed by atoms with Gasteiger partial charge in [0.1, 0.15) is 5.54 Å². The Labute approximate surface area is 108 Å². The Hall–Kier alpha value is -0.650. The van der Waals surface area contributed by atoms with E-state index in [2.05, 4.69) is 11.8 Å². The van der Waals surface area contributed by atoms with Crippen molar-refractivity contribution < 1.29 is 14.6 Å². The minimum absolute atomic E-state index is 0.144. The van der Waals surface area contributed by atoms with Crippen LogP contribution < -0.4 is 5.73 Å². The molecule has 0 amide bonds. The summed E-state index contributed by atoms with van der Waals surface area (Å²) in [7, 11) is 1.72. The monoisotopic (exact) mass is 256 g/mol. The molecule has 1 heterocycles. The third kappa shape index (κ3) is 2.68. The lowest BCUT2D eigenvalue weighted by Crippen LogP contribution is -2.60. The molecule has 0 bridgehead atoms. The van der Waals surface area contributed by atoms with Crippen molar-refractivity contribution in [3.8, 4) is 0 Å². The molecule has 1 saturated heterocycles. The lowest BCUT2D eigenvalue weighted by molar-refractivity contribution is -0.146. The minimum atomic E-state index is -1.08. The van der Waals surface area contributed by atoms with Crippen LogP contribution in [-0.2, 0) is 9.53 Å². The van der Waals surface area contributed by atoms with Gasteiger partial charge in [0, 0.05) is 20.2 Å². The van der Waals surface area contributed by atoms with E-state index in [1.54, 1.807) is 7.11 Å². The third-order valence-electron chi connectivity index (χ3n) is 4.42. The van der Waals surface area contributed by atoms with Crippen molar-refractivity contribution in [2.45, 2.75) is 43.7 Å². The molecule has 18 heavy (non-hydrogen) atoms. The van der Waals surface area contributed by atoms with E-state index in [0.29, 0.717) is 6.54 Å². The van der Waals surface area contributed by atoms with Gasteiger partial charge in [0.25, 0.3) is 0 Å². The van der Waals surface area contributed by atoms with E-state index in [4.69, 9.17) is 10.5 Å². The van der Waals surface area contributed by atoms with Gasteiger partial charge in [0.15, 0.2) is 0 Å². The van der Waals surface area contributed by atoms with Gasteiger partial charge in [-0.3, -0.25) is 9.69 Å². The maximum Gasteiger partial charge on any atom is 0.325 e. The Balaban J connectivity index is 2.01. The fourth-order valence-electron chi connectivity index (χ4n) is 2.95. The Bertz CT molecular complexity index is 332. The highest BCUT2D eigenvalue weighted by molar-refractivity contribution is 5.79. The fourth-order valence-corrected chi connectivity index (χ4v) is 2.95. The van der Waals surface area contributed by atoms with E-state index >= 15 is 0 Å². The van der Waals surface area contributed by atoms with Crippen molar-refractivity contribution in [1.29, 1.82) is 0 Å². The number of piperidine rings is 1. The Kier molecular flexibility index (Phi) is 3.67. The highest BCUT2D eigenvalue weighted by Crippen LogP contribution is 2.39. The minimum Gasteiger partial charge on any atom is -0.480 e. The smallest absolute Gasteiger partial charge is 0.325 e. The van der Waals surface area contributed by atoms with Crippen LogP contribution in [0.2, 0.25) is 0 Å². The van der Waals surface area contributed by atoms with E-state index in [0.717, 1.165) is 38.8 Å². The first-order valence-corrected chi connectivity index (χ1v) is 6.69. The van der Waals surface area contributed by atoms with Gasteiger partial charge in [-0.2, -0.15) is 0 Å². The van der Waals surface area contributed by atoms with Crippen LogP contribution in [0.3, 0.4) is 0 Å². The van der Waals surface area contributed by atoms with Crippen molar-refractivity contribution in [3.05, 3.63) is 0 Å². The standard InChI is InChI=1S/C13H24N2O3/c1-12(18-2)6-3-7-15(8-12)9-13(14,11(16)17)10-4-5-10/h10H,3-9,14H2,1-2H3,(H,16,17). The molecule has 2 fully saturated rings. The zero-order valence-corrected chi connectivity index (χ0v) is 11.3. The van der Waals surface area contributed by atoms with Gasteiger partial charge in [0.2, 0.25) is 0 Å². The first-order chi connectivity index (χ1) is 8.39.